The van der Waals surface area contributed by atoms with Gasteiger partial charge in [0.1, 0.15) is 0 Å². The monoisotopic (exact) mass is 358 g/mol. The number of hydrogen-bond acceptors (Lipinski definition) is 1. The van der Waals surface area contributed by atoms with Crippen molar-refractivity contribution in [1.82, 2.24) is 0 Å². The van der Waals surface area contributed by atoms with Crippen LogP contribution in [-0.4, -0.2) is 5.11 Å². The van der Waals surface area contributed by atoms with E-state index in [0.29, 0.717) is 4.47 Å². The average molecular weight is 359 g/mol. The first kappa shape index (κ1) is 16.0. The standard InChI is InChI=1S/C16H14BrF3O/c1-10-4-2-3-5-11(10)8-15(21)13-9-12(16(18,19)20)6-7-14(13)17/h2-7,9,15,21H,8H2,1H3. The highest BCUT2D eigenvalue weighted by molar-refractivity contribution is 9.10. The van der Waals surface area contributed by atoms with Crippen LogP contribution in [0.5, 0.6) is 0 Å². The van der Waals surface area contributed by atoms with Crippen LogP contribution < -0.4 is 0 Å². The highest BCUT2D eigenvalue weighted by Gasteiger charge is 2.31. The van der Waals surface area contributed by atoms with Gasteiger partial charge < -0.3 is 5.11 Å². The lowest BCUT2D eigenvalue weighted by Crippen LogP contribution is -2.09. The summed E-state index contributed by atoms with van der Waals surface area (Å²) in [5, 5.41) is 10.3. The summed E-state index contributed by atoms with van der Waals surface area (Å²) in [5.41, 5.74) is 1.39. The molecule has 2 aromatic carbocycles. The molecule has 0 heterocycles. The van der Waals surface area contributed by atoms with Crippen LogP contribution in [-0.2, 0) is 12.6 Å². The predicted octanol–water partition coefficient (Wildman–Crippen LogP) is 5.05. The third kappa shape index (κ3) is 3.86. The van der Waals surface area contributed by atoms with Gasteiger partial charge >= 0.3 is 6.18 Å². The van der Waals surface area contributed by atoms with Crippen molar-refractivity contribution in [3.05, 3.63) is 69.2 Å². The molecule has 0 aliphatic heterocycles. The third-order valence-electron chi connectivity index (χ3n) is 3.36. The lowest BCUT2D eigenvalue weighted by Gasteiger charge is -2.16. The number of aliphatic hydroxyl groups excluding tert-OH is 1. The summed E-state index contributed by atoms with van der Waals surface area (Å²) < 4.78 is 38.7. The molecule has 0 saturated heterocycles. The summed E-state index contributed by atoms with van der Waals surface area (Å²) in [6.45, 7) is 1.91. The second-order valence-electron chi connectivity index (χ2n) is 4.88. The Hall–Kier alpha value is -1.33. The molecule has 1 unspecified atom stereocenters. The van der Waals surface area contributed by atoms with E-state index in [9.17, 15) is 18.3 Å². The summed E-state index contributed by atoms with van der Waals surface area (Å²) in [6.07, 6.45) is -5.15. The van der Waals surface area contributed by atoms with Crippen LogP contribution in [0.1, 0.15) is 28.4 Å². The van der Waals surface area contributed by atoms with Gasteiger partial charge in [-0.2, -0.15) is 13.2 Å². The Morgan fingerprint density at radius 1 is 1.14 bits per heavy atom. The van der Waals surface area contributed by atoms with Gasteiger partial charge in [0, 0.05) is 10.9 Å². The Balaban J connectivity index is 2.31. The number of halogens is 4. The zero-order valence-corrected chi connectivity index (χ0v) is 12.9. The van der Waals surface area contributed by atoms with E-state index in [2.05, 4.69) is 15.9 Å². The molecule has 0 aromatic heterocycles. The van der Waals surface area contributed by atoms with Crippen molar-refractivity contribution in [2.45, 2.75) is 25.6 Å². The molecular formula is C16H14BrF3O. The molecule has 112 valence electrons. The van der Waals surface area contributed by atoms with Gasteiger partial charge in [0.25, 0.3) is 0 Å². The largest absolute Gasteiger partial charge is 0.416 e. The van der Waals surface area contributed by atoms with Crippen LogP contribution >= 0.6 is 15.9 Å². The minimum Gasteiger partial charge on any atom is -0.388 e. The molecule has 0 aliphatic rings. The topological polar surface area (TPSA) is 20.2 Å². The fourth-order valence-corrected chi connectivity index (χ4v) is 2.64. The molecular weight excluding hydrogens is 345 g/mol. The average Bonchev–Trinajstić information content (AvgIpc) is 2.40. The van der Waals surface area contributed by atoms with E-state index in [4.69, 9.17) is 0 Å². The fraction of sp³-hybridized carbons (Fsp3) is 0.250. The molecule has 5 heteroatoms. The molecule has 21 heavy (non-hydrogen) atoms. The van der Waals surface area contributed by atoms with Gasteiger partial charge in [-0.1, -0.05) is 40.2 Å². The normalized spacial score (nSPS) is 13.2. The first-order valence-corrected chi connectivity index (χ1v) is 7.17. The molecule has 0 saturated carbocycles. The Bertz CT molecular complexity index is 638. The van der Waals surface area contributed by atoms with Crippen molar-refractivity contribution in [3.63, 3.8) is 0 Å². The Morgan fingerprint density at radius 2 is 1.81 bits per heavy atom. The number of rotatable bonds is 3. The van der Waals surface area contributed by atoms with E-state index in [1.165, 1.54) is 6.07 Å². The summed E-state index contributed by atoms with van der Waals surface area (Å²) >= 11 is 3.20. The first-order valence-electron chi connectivity index (χ1n) is 6.38. The van der Waals surface area contributed by atoms with Crippen LogP contribution in [0.25, 0.3) is 0 Å². The molecule has 0 bridgehead atoms. The second-order valence-corrected chi connectivity index (χ2v) is 5.73. The lowest BCUT2D eigenvalue weighted by atomic mass is 9.97. The van der Waals surface area contributed by atoms with E-state index in [1.807, 2.05) is 31.2 Å². The van der Waals surface area contributed by atoms with E-state index in [-0.39, 0.29) is 12.0 Å². The molecule has 1 nitrogen and oxygen atoms in total. The number of benzene rings is 2. The predicted molar refractivity (Wildman–Crippen MR) is 79.0 cm³/mol. The van der Waals surface area contributed by atoms with Gasteiger partial charge in [-0.05, 0) is 41.8 Å². The van der Waals surface area contributed by atoms with Crippen molar-refractivity contribution in [2.75, 3.05) is 0 Å². The van der Waals surface area contributed by atoms with E-state index < -0.39 is 17.8 Å². The van der Waals surface area contributed by atoms with Crippen LogP contribution in [0.15, 0.2) is 46.9 Å². The smallest absolute Gasteiger partial charge is 0.388 e. The maximum atomic E-state index is 12.8. The van der Waals surface area contributed by atoms with Crippen molar-refractivity contribution in [3.8, 4) is 0 Å². The van der Waals surface area contributed by atoms with E-state index in [1.54, 1.807) is 0 Å². The SMILES string of the molecule is Cc1ccccc1CC(O)c1cc(C(F)(F)F)ccc1Br. The summed E-state index contributed by atoms with van der Waals surface area (Å²) in [6, 6.07) is 10.8. The van der Waals surface area contributed by atoms with Crippen molar-refractivity contribution in [1.29, 1.82) is 0 Å². The van der Waals surface area contributed by atoms with E-state index in [0.717, 1.165) is 23.3 Å². The summed E-state index contributed by atoms with van der Waals surface area (Å²) in [5.74, 6) is 0. The molecule has 0 radical (unpaired) electrons. The minimum atomic E-state index is -4.42. The first-order chi connectivity index (χ1) is 9.79. The summed E-state index contributed by atoms with van der Waals surface area (Å²) in [7, 11) is 0. The van der Waals surface area contributed by atoms with Gasteiger partial charge in [0.05, 0.1) is 11.7 Å². The highest BCUT2D eigenvalue weighted by Crippen LogP contribution is 2.34. The Labute approximate surface area is 129 Å². The molecule has 1 N–H and O–H groups in total. The maximum Gasteiger partial charge on any atom is 0.416 e. The number of hydrogen-bond donors (Lipinski definition) is 1. The van der Waals surface area contributed by atoms with Crippen LogP contribution in [0.4, 0.5) is 13.2 Å². The van der Waals surface area contributed by atoms with Crippen LogP contribution in [0.2, 0.25) is 0 Å². The van der Waals surface area contributed by atoms with Gasteiger partial charge in [0.2, 0.25) is 0 Å². The van der Waals surface area contributed by atoms with Gasteiger partial charge in [-0.3, -0.25) is 0 Å². The Morgan fingerprint density at radius 3 is 2.43 bits per heavy atom. The zero-order valence-electron chi connectivity index (χ0n) is 11.3. The molecule has 2 rings (SSSR count). The molecule has 0 aliphatic carbocycles. The fourth-order valence-electron chi connectivity index (χ4n) is 2.13. The van der Waals surface area contributed by atoms with Gasteiger partial charge in [-0.15, -0.1) is 0 Å². The van der Waals surface area contributed by atoms with Crippen molar-refractivity contribution >= 4 is 15.9 Å². The molecule has 0 fully saturated rings. The minimum absolute atomic E-state index is 0.244. The maximum absolute atomic E-state index is 12.8. The molecule has 0 amide bonds. The van der Waals surface area contributed by atoms with Gasteiger partial charge in [0.15, 0.2) is 0 Å². The quantitative estimate of drug-likeness (QED) is 0.813. The number of alkyl halides is 3. The van der Waals surface area contributed by atoms with Crippen LogP contribution in [0, 0.1) is 6.92 Å². The second kappa shape index (κ2) is 6.20. The summed E-state index contributed by atoms with van der Waals surface area (Å²) in [4.78, 5) is 0. The zero-order chi connectivity index (χ0) is 15.6. The van der Waals surface area contributed by atoms with Gasteiger partial charge in [-0.25, -0.2) is 0 Å². The lowest BCUT2D eigenvalue weighted by molar-refractivity contribution is -0.137. The van der Waals surface area contributed by atoms with E-state index >= 15 is 0 Å². The van der Waals surface area contributed by atoms with Crippen molar-refractivity contribution in [2.24, 2.45) is 0 Å². The Kier molecular flexibility index (Phi) is 4.74. The molecule has 0 spiro atoms. The highest BCUT2D eigenvalue weighted by atomic mass is 79.9. The molecule has 1 atom stereocenters. The van der Waals surface area contributed by atoms with Crippen LogP contribution in [0.3, 0.4) is 0 Å². The number of aliphatic hydroxyl groups is 1. The number of aryl methyl sites for hydroxylation is 1. The van der Waals surface area contributed by atoms with Crippen molar-refractivity contribution < 1.29 is 18.3 Å². The third-order valence-corrected chi connectivity index (χ3v) is 4.08. The molecule has 2 aromatic rings.